The molecule has 0 bridgehead atoms. The van der Waals surface area contributed by atoms with Crippen molar-refractivity contribution in [2.24, 2.45) is 5.73 Å². The van der Waals surface area contributed by atoms with Crippen LogP contribution in [0.5, 0.6) is 5.75 Å². The van der Waals surface area contributed by atoms with E-state index in [0.29, 0.717) is 13.2 Å². The molecule has 2 rings (SSSR count). The highest BCUT2D eigenvalue weighted by Gasteiger charge is 2.16. The summed E-state index contributed by atoms with van der Waals surface area (Å²) in [5.41, 5.74) is 8.34. The van der Waals surface area contributed by atoms with E-state index in [-0.39, 0.29) is 6.04 Å². The number of rotatable bonds is 7. The minimum atomic E-state index is 0.158. The Kier molecular flexibility index (Phi) is 5.72. The number of ether oxygens (including phenoxy) is 1. The molecular weight excluding hydrogens is 262 g/mol. The molecule has 1 unspecified atom stereocenters. The van der Waals surface area contributed by atoms with E-state index in [1.54, 1.807) is 6.20 Å². The molecule has 1 atom stereocenters. The Balaban J connectivity index is 2.12. The fourth-order valence-electron chi connectivity index (χ4n) is 2.44. The van der Waals surface area contributed by atoms with Crippen molar-refractivity contribution in [2.45, 2.75) is 19.5 Å². The van der Waals surface area contributed by atoms with Crippen LogP contribution in [0.2, 0.25) is 0 Å². The molecule has 0 aliphatic carbocycles. The largest absolute Gasteiger partial charge is 0.494 e. The molecule has 1 heterocycles. The summed E-state index contributed by atoms with van der Waals surface area (Å²) in [6.45, 7) is 4.03. The minimum absolute atomic E-state index is 0.158. The number of hydrogen-bond acceptors (Lipinski definition) is 4. The third-order valence-electron chi connectivity index (χ3n) is 3.46. The highest BCUT2D eigenvalue weighted by Crippen LogP contribution is 2.24. The number of likely N-dealkylation sites (N-methyl/N-ethyl adjacent to an activating group) is 1. The number of nitrogens with zero attached hydrogens (tertiary/aromatic N) is 2. The maximum atomic E-state index is 5.99. The zero-order valence-electron chi connectivity index (χ0n) is 12.7. The second-order valence-corrected chi connectivity index (χ2v) is 5.03. The van der Waals surface area contributed by atoms with E-state index in [9.17, 15) is 0 Å². The van der Waals surface area contributed by atoms with Gasteiger partial charge >= 0.3 is 0 Å². The number of hydrogen-bond donors (Lipinski definition) is 1. The Bertz CT molecular complexity index is 545. The van der Waals surface area contributed by atoms with Gasteiger partial charge in [-0.05, 0) is 43.3 Å². The van der Waals surface area contributed by atoms with Crippen LogP contribution in [-0.2, 0) is 6.54 Å². The molecular formula is C17H23N3O. The molecule has 0 aliphatic rings. The van der Waals surface area contributed by atoms with Gasteiger partial charge in [-0.2, -0.15) is 0 Å². The van der Waals surface area contributed by atoms with Crippen molar-refractivity contribution in [3.8, 4) is 5.75 Å². The molecule has 0 saturated carbocycles. The molecule has 4 heteroatoms. The number of benzene rings is 1. The van der Waals surface area contributed by atoms with Crippen LogP contribution >= 0.6 is 0 Å². The van der Waals surface area contributed by atoms with Gasteiger partial charge in [-0.25, -0.2) is 0 Å². The Labute approximate surface area is 126 Å². The Morgan fingerprint density at radius 2 is 2.14 bits per heavy atom. The lowest BCUT2D eigenvalue weighted by atomic mass is 10.0. The molecule has 0 spiro atoms. The first-order valence-electron chi connectivity index (χ1n) is 7.26. The van der Waals surface area contributed by atoms with E-state index >= 15 is 0 Å². The summed E-state index contributed by atoms with van der Waals surface area (Å²) in [5.74, 6) is 0.892. The number of nitrogens with two attached hydrogens (primary N) is 1. The van der Waals surface area contributed by atoms with Crippen LogP contribution in [0.25, 0.3) is 0 Å². The van der Waals surface area contributed by atoms with Gasteiger partial charge in [0.25, 0.3) is 0 Å². The normalized spacial score (nSPS) is 12.4. The number of pyridine rings is 1. The second kappa shape index (κ2) is 7.76. The van der Waals surface area contributed by atoms with Crippen molar-refractivity contribution in [2.75, 3.05) is 20.2 Å². The standard InChI is InChI=1S/C17H23N3O/c1-3-21-16-8-4-7-15(10-16)17(11-18)20(2)13-14-6-5-9-19-12-14/h4-10,12,17H,3,11,13,18H2,1-2H3. The van der Waals surface area contributed by atoms with Gasteiger partial charge in [0.1, 0.15) is 5.75 Å². The summed E-state index contributed by atoms with van der Waals surface area (Å²) < 4.78 is 5.57. The summed E-state index contributed by atoms with van der Waals surface area (Å²) >= 11 is 0. The van der Waals surface area contributed by atoms with E-state index in [1.165, 1.54) is 11.1 Å². The lowest BCUT2D eigenvalue weighted by Crippen LogP contribution is -2.30. The van der Waals surface area contributed by atoms with Gasteiger partial charge < -0.3 is 10.5 Å². The van der Waals surface area contributed by atoms with Crippen LogP contribution < -0.4 is 10.5 Å². The van der Waals surface area contributed by atoms with Gasteiger partial charge in [-0.1, -0.05) is 18.2 Å². The first-order valence-corrected chi connectivity index (χ1v) is 7.26. The molecule has 2 aromatic rings. The maximum absolute atomic E-state index is 5.99. The molecule has 4 nitrogen and oxygen atoms in total. The summed E-state index contributed by atoms with van der Waals surface area (Å²) in [4.78, 5) is 6.39. The van der Waals surface area contributed by atoms with Crippen molar-refractivity contribution in [3.63, 3.8) is 0 Å². The summed E-state index contributed by atoms with van der Waals surface area (Å²) in [6, 6.07) is 12.3. The molecule has 112 valence electrons. The Hall–Kier alpha value is -1.91. The maximum Gasteiger partial charge on any atom is 0.119 e. The van der Waals surface area contributed by atoms with E-state index < -0.39 is 0 Å². The smallest absolute Gasteiger partial charge is 0.119 e. The third kappa shape index (κ3) is 4.28. The van der Waals surface area contributed by atoms with Gasteiger partial charge in [0.05, 0.1) is 6.61 Å². The molecule has 0 fully saturated rings. The van der Waals surface area contributed by atoms with Crippen molar-refractivity contribution < 1.29 is 4.74 Å². The van der Waals surface area contributed by atoms with Gasteiger partial charge in [0.2, 0.25) is 0 Å². The lowest BCUT2D eigenvalue weighted by Gasteiger charge is -2.27. The molecule has 0 amide bonds. The van der Waals surface area contributed by atoms with E-state index in [1.807, 2.05) is 31.3 Å². The average Bonchev–Trinajstić information content (AvgIpc) is 2.50. The monoisotopic (exact) mass is 285 g/mol. The van der Waals surface area contributed by atoms with Crippen molar-refractivity contribution in [1.29, 1.82) is 0 Å². The van der Waals surface area contributed by atoms with Crippen molar-refractivity contribution in [3.05, 3.63) is 59.9 Å². The quantitative estimate of drug-likeness (QED) is 0.849. The zero-order chi connectivity index (χ0) is 15.1. The highest BCUT2D eigenvalue weighted by molar-refractivity contribution is 5.31. The lowest BCUT2D eigenvalue weighted by molar-refractivity contribution is 0.240. The van der Waals surface area contributed by atoms with E-state index in [0.717, 1.165) is 12.3 Å². The van der Waals surface area contributed by atoms with Crippen LogP contribution in [0.1, 0.15) is 24.1 Å². The highest BCUT2D eigenvalue weighted by atomic mass is 16.5. The van der Waals surface area contributed by atoms with Crippen LogP contribution in [0.4, 0.5) is 0 Å². The van der Waals surface area contributed by atoms with E-state index in [4.69, 9.17) is 10.5 Å². The SMILES string of the molecule is CCOc1cccc(C(CN)N(C)Cc2cccnc2)c1. The first-order chi connectivity index (χ1) is 10.2. The topological polar surface area (TPSA) is 51.4 Å². The molecule has 0 radical (unpaired) electrons. The summed E-state index contributed by atoms with van der Waals surface area (Å²) in [6.07, 6.45) is 3.68. The first kappa shape index (κ1) is 15.5. The molecule has 21 heavy (non-hydrogen) atoms. The summed E-state index contributed by atoms with van der Waals surface area (Å²) in [7, 11) is 2.08. The Morgan fingerprint density at radius 3 is 2.81 bits per heavy atom. The molecule has 0 saturated heterocycles. The number of aromatic nitrogens is 1. The third-order valence-corrected chi connectivity index (χ3v) is 3.46. The van der Waals surface area contributed by atoms with E-state index in [2.05, 4.69) is 35.1 Å². The molecule has 1 aromatic carbocycles. The van der Waals surface area contributed by atoms with Gasteiger partial charge in [0, 0.05) is 31.5 Å². The van der Waals surface area contributed by atoms with Crippen LogP contribution in [0.3, 0.4) is 0 Å². The van der Waals surface area contributed by atoms with Crippen LogP contribution in [-0.4, -0.2) is 30.1 Å². The second-order valence-electron chi connectivity index (χ2n) is 5.03. The van der Waals surface area contributed by atoms with Gasteiger partial charge in [-0.3, -0.25) is 9.88 Å². The van der Waals surface area contributed by atoms with Crippen LogP contribution in [0, 0.1) is 0 Å². The van der Waals surface area contributed by atoms with Crippen molar-refractivity contribution in [1.82, 2.24) is 9.88 Å². The molecule has 2 N–H and O–H groups in total. The van der Waals surface area contributed by atoms with Crippen LogP contribution in [0.15, 0.2) is 48.8 Å². The predicted molar refractivity (Wildman–Crippen MR) is 85.1 cm³/mol. The van der Waals surface area contributed by atoms with Gasteiger partial charge in [-0.15, -0.1) is 0 Å². The van der Waals surface area contributed by atoms with Crippen molar-refractivity contribution >= 4 is 0 Å². The molecule has 1 aromatic heterocycles. The fraction of sp³-hybridized carbons (Fsp3) is 0.353. The summed E-state index contributed by atoms with van der Waals surface area (Å²) in [5, 5.41) is 0. The average molecular weight is 285 g/mol. The molecule has 0 aliphatic heterocycles. The fourth-order valence-corrected chi connectivity index (χ4v) is 2.44. The predicted octanol–water partition coefficient (Wildman–Crippen LogP) is 2.61. The van der Waals surface area contributed by atoms with Gasteiger partial charge in [0.15, 0.2) is 0 Å². The Morgan fingerprint density at radius 1 is 1.29 bits per heavy atom. The zero-order valence-corrected chi connectivity index (χ0v) is 12.7. The minimum Gasteiger partial charge on any atom is -0.494 e.